The number of rotatable bonds is 6. The van der Waals surface area contributed by atoms with Gasteiger partial charge in [-0.3, -0.25) is 4.79 Å². The van der Waals surface area contributed by atoms with E-state index >= 15 is 0 Å². The van der Waals surface area contributed by atoms with Gasteiger partial charge in [-0.15, -0.1) is 0 Å². The Morgan fingerprint density at radius 2 is 2.00 bits per heavy atom. The summed E-state index contributed by atoms with van der Waals surface area (Å²) in [4.78, 5) is 11.9. The van der Waals surface area contributed by atoms with Gasteiger partial charge < -0.3 is 15.8 Å². The minimum absolute atomic E-state index is 0.0337. The van der Waals surface area contributed by atoms with E-state index < -0.39 is 6.10 Å². The maximum atomic E-state index is 11.9. The Labute approximate surface area is 129 Å². The number of hydrogen-bond donors (Lipinski definition) is 2. The second kappa shape index (κ2) is 7.64. The fourth-order valence-electron chi connectivity index (χ4n) is 1.83. The molecule has 0 radical (unpaired) electrons. The predicted octanol–water partition coefficient (Wildman–Crippen LogP) is 2.63. The van der Waals surface area contributed by atoms with Crippen LogP contribution in [0.1, 0.15) is 33.3 Å². The molecule has 3 N–H and O–H groups in total. The largest absolute Gasteiger partial charge is 0.479 e. The van der Waals surface area contributed by atoms with E-state index in [1.807, 2.05) is 39.0 Å². The van der Waals surface area contributed by atoms with Gasteiger partial charge in [0, 0.05) is 12.1 Å². The minimum atomic E-state index is -0.553. The summed E-state index contributed by atoms with van der Waals surface area (Å²) >= 11 is 3.47. The highest BCUT2D eigenvalue weighted by atomic mass is 79.9. The van der Waals surface area contributed by atoms with Gasteiger partial charge in [-0.1, -0.05) is 12.1 Å². The Hall–Kier alpha value is -1.07. The number of nitrogens with one attached hydrogen (secondary N) is 1. The average Bonchev–Trinajstić information content (AvgIpc) is 2.31. The lowest BCUT2D eigenvalue weighted by Crippen LogP contribution is -2.40. The summed E-state index contributed by atoms with van der Waals surface area (Å²) in [5.41, 5.74) is 6.85. The van der Waals surface area contributed by atoms with E-state index in [2.05, 4.69) is 21.2 Å². The normalized spacial score (nSPS) is 13.9. The van der Waals surface area contributed by atoms with Gasteiger partial charge in [-0.25, -0.2) is 0 Å². The summed E-state index contributed by atoms with van der Waals surface area (Å²) in [6.07, 6.45) is 0.149. The molecule has 1 aromatic rings. The number of hydrogen-bond acceptors (Lipinski definition) is 3. The lowest BCUT2D eigenvalue weighted by atomic mass is 10.1. The van der Waals surface area contributed by atoms with E-state index in [4.69, 9.17) is 10.5 Å². The second-order valence-corrected chi connectivity index (χ2v) is 6.19. The van der Waals surface area contributed by atoms with E-state index in [0.717, 1.165) is 10.0 Å². The van der Waals surface area contributed by atoms with Gasteiger partial charge in [0.2, 0.25) is 0 Å². The highest BCUT2D eigenvalue weighted by molar-refractivity contribution is 9.10. The third kappa shape index (κ3) is 5.13. The Morgan fingerprint density at radius 1 is 1.35 bits per heavy atom. The Bertz CT molecular complexity index is 461. The van der Waals surface area contributed by atoms with Crippen molar-refractivity contribution in [2.45, 2.75) is 52.3 Å². The van der Waals surface area contributed by atoms with Gasteiger partial charge in [0.15, 0.2) is 6.10 Å². The molecule has 2 atom stereocenters. The molecule has 4 nitrogen and oxygen atoms in total. The third-order valence-corrected chi connectivity index (χ3v) is 3.31. The van der Waals surface area contributed by atoms with Gasteiger partial charge in [-0.05, 0) is 61.7 Å². The van der Waals surface area contributed by atoms with Crippen molar-refractivity contribution in [3.8, 4) is 5.75 Å². The van der Waals surface area contributed by atoms with E-state index in [1.165, 1.54) is 0 Å². The van der Waals surface area contributed by atoms with Crippen LogP contribution in [0.3, 0.4) is 0 Å². The van der Waals surface area contributed by atoms with Gasteiger partial charge >= 0.3 is 0 Å². The minimum Gasteiger partial charge on any atom is -0.479 e. The number of carbonyl (C=O) groups excluding carboxylic acids is 1. The van der Waals surface area contributed by atoms with Crippen LogP contribution in [0.25, 0.3) is 0 Å². The Kier molecular flexibility index (Phi) is 6.49. The molecule has 0 aliphatic rings. The monoisotopic (exact) mass is 342 g/mol. The summed E-state index contributed by atoms with van der Waals surface area (Å²) in [6, 6.07) is 5.93. The van der Waals surface area contributed by atoms with E-state index in [0.29, 0.717) is 12.2 Å². The molecule has 0 spiro atoms. The van der Waals surface area contributed by atoms with Crippen LogP contribution >= 0.6 is 15.9 Å². The molecule has 1 rings (SSSR count). The number of ether oxygens (including phenoxy) is 1. The first kappa shape index (κ1) is 17.0. The molecule has 0 heterocycles. The molecular weight excluding hydrogens is 320 g/mol. The second-order valence-electron chi connectivity index (χ2n) is 5.33. The van der Waals surface area contributed by atoms with Gasteiger partial charge in [-0.2, -0.15) is 0 Å². The first-order valence-electron chi connectivity index (χ1n) is 6.81. The molecule has 112 valence electrons. The molecule has 1 aromatic carbocycles. The Balaban J connectivity index is 2.87. The first-order chi connectivity index (χ1) is 9.31. The van der Waals surface area contributed by atoms with Crippen molar-refractivity contribution in [2.24, 2.45) is 5.73 Å². The van der Waals surface area contributed by atoms with Crippen molar-refractivity contribution >= 4 is 21.8 Å². The van der Waals surface area contributed by atoms with Gasteiger partial charge in [0.05, 0.1) is 4.47 Å². The molecule has 1 amide bonds. The molecule has 0 aromatic heterocycles. The summed E-state index contributed by atoms with van der Waals surface area (Å²) in [6.45, 7) is 7.53. The molecule has 0 bridgehead atoms. The highest BCUT2D eigenvalue weighted by Crippen LogP contribution is 2.30. The lowest BCUT2D eigenvalue weighted by Gasteiger charge is -2.20. The standard InChI is InChI=1S/C15H23BrN2O2/c1-9(2)18-15(19)11(4)20-14-12(8-10(3)17)6-5-7-13(14)16/h5-7,9-11H,8,17H2,1-4H3,(H,18,19). The molecule has 0 aliphatic carbocycles. The fraction of sp³-hybridized carbons (Fsp3) is 0.533. The van der Waals surface area contributed by atoms with Gasteiger partial charge in [0.1, 0.15) is 5.75 Å². The summed E-state index contributed by atoms with van der Waals surface area (Å²) in [7, 11) is 0. The zero-order chi connectivity index (χ0) is 15.3. The third-order valence-electron chi connectivity index (χ3n) is 2.69. The number of para-hydroxylation sites is 1. The van der Waals surface area contributed by atoms with Crippen LogP contribution in [0.15, 0.2) is 22.7 Å². The molecule has 2 unspecified atom stereocenters. The first-order valence-corrected chi connectivity index (χ1v) is 7.60. The SMILES string of the molecule is CC(N)Cc1cccc(Br)c1OC(C)C(=O)NC(C)C. The van der Waals surface area contributed by atoms with Crippen molar-refractivity contribution in [3.63, 3.8) is 0 Å². The quantitative estimate of drug-likeness (QED) is 0.835. The van der Waals surface area contributed by atoms with Crippen molar-refractivity contribution in [2.75, 3.05) is 0 Å². The Morgan fingerprint density at radius 3 is 2.55 bits per heavy atom. The van der Waals surface area contributed by atoms with Crippen LogP contribution in [0.5, 0.6) is 5.75 Å². The van der Waals surface area contributed by atoms with Crippen molar-refractivity contribution in [1.82, 2.24) is 5.32 Å². The van der Waals surface area contributed by atoms with Crippen LogP contribution in [0.4, 0.5) is 0 Å². The van der Waals surface area contributed by atoms with Crippen LogP contribution in [0.2, 0.25) is 0 Å². The van der Waals surface area contributed by atoms with Crippen LogP contribution in [-0.4, -0.2) is 24.1 Å². The molecule has 0 saturated carbocycles. The fourth-order valence-corrected chi connectivity index (χ4v) is 2.33. The number of halogens is 1. The molecule has 5 heteroatoms. The maximum absolute atomic E-state index is 11.9. The van der Waals surface area contributed by atoms with Crippen molar-refractivity contribution < 1.29 is 9.53 Å². The summed E-state index contributed by atoms with van der Waals surface area (Å²) < 4.78 is 6.66. The summed E-state index contributed by atoms with van der Waals surface area (Å²) in [5, 5.41) is 2.84. The van der Waals surface area contributed by atoms with Crippen LogP contribution in [0, 0.1) is 0 Å². The highest BCUT2D eigenvalue weighted by Gasteiger charge is 2.19. The van der Waals surface area contributed by atoms with Crippen molar-refractivity contribution in [1.29, 1.82) is 0 Å². The van der Waals surface area contributed by atoms with E-state index in [9.17, 15) is 4.79 Å². The van der Waals surface area contributed by atoms with Crippen LogP contribution < -0.4 is 15.8 Å². The number of amides is 1. The molecular formula is C15H23BrN2O2. The number of benzene rings is 1. The van der Waals surface area contributed by atoms with Gasteiger partial charge in [0.25, 0.3) is 5.91 Å². The van der Waals surface area contributed by atoms with Crippen LogP contribution in [-0.2, 0) is 11.2 Å². The van der Waals surface area contributed by atoms with E-state index in [1.54, 1.807) is 6.92 Å². The van der Waals surface area contributed by atoms with Crippen molar-refractivity contribution in [3.05, 3.63) is 28.2 Å². The zero-order valence-electron chi connectivity index (χ0n) is 12.4. The predicted molar refractivity (Wildman–Crippen MR) is 84.9 cm³/mol. The zero-order valence-corrected chi connectivity index (χ0v) is 14.0. The topological polar surface area (TPSA) is 64.3 Å². The smallest absolute Gasteiger partial charge is 0.260 e. The van der Waals surface area contributed by atoms with E-state index in [-0.39, 0.29) is 18.0 Å². The lowest BCUT2D eigenvalue weighted by molar-refractivity contribution is -0.127. The average molecular weight is 343 g/mol. The molecule has 0 saturated heterocycles. The maximum Gasteiger partial charge on any atom is 0.260 e. The summed E-state index contributed by atoms with van der Waals surface area (Å²) in [5.74, 6) is 0.568. The number of carbonyl (C=O) groups is 1. The molecule has 0 aliphatic heterocycles. The molecule has 0 fully saturated rings. The number of nitrogens with two attached hydrogens (primary N) is 1. The molecule has 20 heavy (non-hydrogen) atoms.